The number of carbonyl (C=O) groups excluding carboxylic acids is 2. The number of esters is 1. The van der Waals surface area contributed by atoms with E-state index < -0.39 is 17.0 Å². The summed E-state index contributed by atoms with van der Waals surface area (Å²) in [5.74, 6) is 5.36. The van der Waals surface area contributed by atoms with Gasteiger partial charge in [0, 0.05) is 17.5 Å². The Balaban J connectivity index is 2.14. The number of hydrogen-bond acceptors (Lipinski definition) is 3. The minimum absolute atomic E-state index is 0.244. The molecular formula is C25H26O3. The molecule has 0 aromatic heterocycles. The molecule has 2 aromatic carbocycles. The number of carbonyl (C=O) groups is 2. The van der Waals surface area contributed by atoms with Crippen LogP contribution >= 0.6 is 0 Å². The van der Waals surface area contributed by atoms with E-state index in [1.807, 2.05) is 39.0 Å². The van der Waals surface area contributed by atoms with Gasteiger partial charge in [-0.2, -0.15) is 0 Å². The monoisotopic (exact) mass is 374 g/mol. The van der Waals surface area contributed by atoms with Gasteiger partial charge in [0.25, 0.3) is 0 Å². The van der Waals surface area contributed by atoms with Gasteiger partial charge in [-0.25, -0.2) is 4.79 Å². The van der Waals surface area contributed by atoms with Gasteiger partial charge in [0.05, 0.1) is 0 Å². The van der Waals surface area contributed by atoms with Gasteiger partial charge < -0.3 is 4.74 Å². The molecule has 3 rings (SSSR count). The summed E-state index contributed by atoms with van der Waals surface area (Å²) in [5, 5.41) is 0. The molecule has 0 N–H and O–H groups in total. The Kier molecular flexibility index (Phi) is 4.93. The molecule has 144 valence electrons. The van der Waals surface area contributed by atoms with Crippen molar-refractivity contribution in [3.63, 3.8) is 0 Å². The topological polar surface area (TPSA) is 43.4 Å². The lowest BCUT2D eigenvalue weighted by atomic mass is 9.83. The van der Waals surface area contributed by atoms with Crippen molar-refractivity contribution >= 4 is 11.8 Å². The number of hydrogen-bond donors (Lipinski definition) is 0. The number of rotatable bonds is 1. The normalized spacial score (nSPS) is 18.3. The van der Waals surface area contributed by atoms with Crippen LogP contribution in [0.3, 0.4) is 0 Å². The van der Waals surface area contributed by atoms with Gasteiger partial charge in [0.15, 0.2) is 11.2 Å². The first-order valence-electron chi connectivity index (χ1n) is 9.51. The summed E-state index contributed by atoms with van der Waals surface area (Å²) in [5.41, 5.74) is 3.28. The Morgan fingerprint density at radius 1 is 1.07 bits per heavy atom. The third kappa shape index (κ3) is 3.60. The zero-order valence-electron chi connectivity index (χ0n) is 17.4. The Bertz CT molecular complexity index is 1000. The van der Waals surface area contributed by atoms with E-state index in [4.69, 9.17) is 4.74 Å². The van der Waals surface area contributed by atoms with Crippen molar-refractivity contribution in [3.8, 4) is 11.8 Å². The van der Waals surface area contributed by atoms with E-state index in [0.29, 0.717) is 5.56 Å². The van der Waals surface area contributed by atoms with Crippen molar-refractivity contribution in [1.29, 1.82) is 0 Å². The van der Waals surface area contributed by atoms with Crippen LogP contribution in [0.2, 0.25) is 0 Å². The van der Waals surface area contributed by atoms with E-state index in [2.05, 4.69) is 24.0 Å². The molecule has 1 aliphatic carbocycles. The van der Waals surface area contributed by atoms with Gasteiger partial charge in [-0.1, -0.05) is 53.8 Å². The number of ether oxygens (including phenoxy) is 1. The second kappa shape index (κ2) is 6.95. The molecule has 0 radical (unpaired) electrons. The molecule has 2 aromatic rings. The summed E-state index contributed by atoms with van der Waals surface area (Å²) in [6.07, 6.45) is 0.244. The number of benzene rings is 2. The summed E-state index contributed by atoms with van der Waals surface area (Å²) in [6, 6.07) is 11.4. The molecule has 0 spiro atoms. The molecule has 1 atom stereocenters. The predicted molar refractivity (Wildman–Crippen MR) is 110 cm³/mol. The van der Waals surface area contributed by atoms with E-state index in [-0.39, 0.29) is 12.2 Å². The Hall–Kier alpha value is -2.86. The molecule has 3 heteroatoms. The first-order valence-corrected chi connectivity index (χ1v) is 9.51. The highest BCUT2D eigenvalue weighted by molar-refractivity contribution is 6.18. The van der Waals surface area contributed by atoms with E-state index in [0.717, 1.165) is 27.8 Å². The lowest BCUT2D eigenvalue weighted by Crippen LogP contribution is -2.41. The highest BCUT2D eigenvalue weighted by Gasteiger charge is 2.52. The standard InChI is InChI=1S/C25H26O3/c1-16-13-17(2)20(18(3)14-16)11-12-25(23(27)28-24(4,5)6)15-19-9-7-8-10-21(19)22(25)26/h7-10,13-14H,15H2,1-6H3. The van der Waals surface area contributed by atoms with Crippen LogP contribution in [-0.4, -0.2) is 17.4 Å². The third-order valence-electron chi connectivity index (χ3n) is 4.93. The van der Waals surface area contributed by atoms with Gasteiger partial charge in [0.1, 0.15) is 5.60 Å². The van der Waals surface area contributed by atoms with Gasteiger partial charge in [0.2, 0.25) is 0 Å². The summed E-state index contributed by atoms with van der Waals surface area (Å²) in [7, 11) is 0. The van der Waals surface area contributed by atoms with Crippen LogP contribution < -0.4 is 0 Å². The summed E-state index contributed by atoms with van der Waals surface area (Å²) in [4.78, 5) is 26.4. The first kappa shape index (κ1) is 19.9. The van der Waals surface area contributed by atoms with Crippen LogP contribution in [0.25, 0.3) is 0 Å². The van der Waals surface area contributed by atoms with E-state index >= 15 is 0 Å². The van der Waals surface area contributed by atoms with Crippen LogP contribution in [0.4, 0.5) is 0 Å². The minimum Gasteiger partial charge on any atom is -0.458 e. The molecule has 28 heavy (non-hydrogen) atoms. The smallest absolute Gasteiger partial charge is 0.333 e. The van der Waals surface area contributed by atoms with Crippen LogP contribution in [0, 0.1) is 38.0 Å². The van der Waals surface area contributed by atoms with E-state index in [1.54, 1.807) is 26.8 Å². The van der Waals surface area contributed by atoms with Crippen molar-refractivity contribution < 1.29 is 14.3 Å². The molecule has 0 amide bonds. The second-order valence-electron chi connectivity index (χ2n) is 8.59. The molecule has 0 bridgehead atoms. The fourth-order valence-electron chi connectivity index (χ4n) is 3.72. The molecule has 0 fully saturated rings. The van der Waals surface area contributed by atoms with Gasteiger partial charge in [-0.15, -0.1) is 0 Å². The van der Waals surface area contributed by atoms with Crippen molar-refractivity contribution in [3.05, 3.63) is 69.8 Å². The van der Waals surface area contributed by atoms with Crippen molar-refractivity contribution in [2.24, 2.45) is 5.41 Å². The SMILES string of the molecule is Cc1cc(C)c(C#CC2(C(=O)OC(C)(C)C)Cc3ccccc3C2=O)c(C)c1. The second-order valence-corrected chi connectivity index (χ2v) is 8.59. The number of fused-ring (bicyclic) bond motifs is 1. The molecule has 0 saturated heterocycles. The summed E-state index contributed by atoms with van der Waals surface area (Å²) in [6.45, 7) is 11.4. The average molecular weight is 374 g/mol. The molecule has 3 nitrogen and oxygen atoms in total. The van der Waals surface area contributed by atoms with Crippen LogP contribution in [0.1, 0.15) is 58.9 Å². The maximum Gasteiger partial charge on any atom is 0.333 e. The summed E-state index contributed by atoms with van der Waals surface area (Å²) < 4.78 is 5.63. The molecule has 1 unspecified atom stereocenters. The zero-order valence-corrected chi connectivity index (χ0v) is 17.4. The number of ketones is 1. The molecule has 0 heterocycles. The van der Waals surface area contributed by atoms with Crippen molar-refractivity contribution in [2.45, 2.75) is 53.6 Å². The average Bonchev–Trinajstić information content (AvgIpc) is 2.86. The third-order valence-corrected chi connectivity index (χ3v) is 4.93. The highest BCUT2D eigenvalue weighted by Crippen LogP contribution is 2.39. The van der Waals surface area contributed by atoms with Crippen molar-refractivity contribution in [1.82, 2.24) is 0 Å². The Labute approximate surface area is 167 Å². The lowest BCUT2D eigenvalue weighted by molar-refractivity contribution is -0.161. The largest absolute Gasteiger partial charge is 0.458 e. The van der Waals surface area contributed by atoms with Gasteiger partial charge in [-0.05, 0) is 58.2 Å². The van der Waals surface area contributed by atoms with E-state index in [9.17, 15) is 9.59 Å². The molecule has 1 aliphatic rings. The quantitative estimate of drug-likeness (QED) is 0.412. The first-order chi connectivity index (χ1) is 13.0. The number of aryl methyl sites for hydroxylation is 3. The maximum atomic E-state index is 13.3. The van der Waals surface area contributed by atoms with Crippen LogP contribution in [0.5, 0.6) is 0 Å². The van der Waals surface area contributed by atoms with Crippen molar-refractivity contribution in [2.75, 3.05) is 0 Å². The minimum atomic E-state index is -1.50. The van der Waals surface area contributed by atoms with Crippen LogP contribution in [0.15, 0.2) is 36.4 Å². The molecule has 0 aliphatic heterocycles. The molecule has 0 saturated carbocycles. The predicted octanol–water partition coefficient (Wildman–Crippen LogP) is 4.73. The molecular weight excluding hydrogens is 348 g/mol. The fraction of sp³-hybridized carbons (Fsp3) is 0.360. The fourth-order valence-corrected chi connectivity index (χ4v) is 3.72. The highest BCUT2D eigenvalue weighted by atomic mass is 16.6. The Morgan fingerprint density at radius 2 is 1.68 bits per heavy atom. The van der Waals surface area contributed by atoms with E-state index in [1.165, 1.54) is 0 Å². The van der Waals surface area contributed by atoms with Crippen LogP contribution in [-0.2, 0) is 16.0 Å². The summed E-state index contributed by atoms with van der Waals surface area (Å²) >= 11 is 0. The van der Waals surface area contributed by atoms with Gasteiger partial charge in [-0.3, -0.25) is 4.79 Å². The lowest BCUT2D eigenvalue weighted by Gasteiger charge is -2.26. The van der Waals surface area contributed by atoms with Gasteiger partial charge >= 0.3 is 5.97 Å². The number of Topliss-reactive ketones (excluding diaryl/α,β-unsaturated/α-hetero) is 1. The zero-order chi connectivity index (χ0) is 20.7. The maximum absolute atomic E-state index is 13.3. The Morgan fingerprint density at radius 3 is 2.25 bits per heavy atom.